The van der Waals surface area contributed by atoms with E-state index in [1.54, 1.807) is 13.8 Å². The molecule has 20 heavy (non-hydrogen) atoms. The standard InChI is InChI=1S/C12H18N2O5S/c1-3-12(2,17)7-14-10-5-4-8(20(13,18)19)6-9(10)11(15)16/h4-6,14,17H,3,7H2,1-2H3,(H,15,16)(H2,13,18,19). The fourth-order valence-electron chi connectivity index (χ4n) is 1.44. The van der Waals surface area contributed by atoms with Crippen LogP contribution in [-0.4, -0.2) is 36.7 Å². The van der Waals surface area contributed by atoms with Crippen LogP contribution in [0.4, 0.5) is 5.69 Å². The van der Waals surface area contributed by atoms with Crippen molar-refractivity contribution in [2.24, 2.45) is 5.14 Å². The Labute approximate surface area is 117 Å². The minimum absolute atomic E-state index is 0.137. The van der Waals surface area contributed by atoms with Crippen molar-refractivity contribution in [2.45, 2.75) is 30.8 Å². The van der Waals surface area contributed by atoms with E-state index in [1.807, 2.05) is 0 Å². The zero-order valence-electron chi connectivity index (χ0n) is 11.3. The highest BCUT2D eigenvalue weighted by atomic mass is 32.2. The van der Waals surface area contributed by atoms with Gasteiger partial charge < -0.3 is 15.5 Å². The summed E-state index contributed by atoms with van der Waals surface area (Å²) >= 11 is 0. The summed E-state index contributed by atoms with van der Waals surface area (Å²) in [4.78, 5) is 10.9. The van der Waals surface area contributed by atoms with E-state index in [9.17, 15) is 18.3 Å². The van der Waals surface area contributed by atoms with Crippen molar-refractivity contribution in [3.8, 4) is 0 Å². The molecule has 1 aromatic rings. The molecule has 1 unspecified atom stereocenters. The summed E-state index contributed by atoms with van der Waals surface area (Å²) in [5.41, 5.74) is -0.990. The Hall–Kier alpha value is -1.64. The maximum Gasteiger partial charge on any atom is 0.337 e. The number of primary sulfonamides is 1. The number of carbonyl (C=O) groups is 1. The lowest BCUT2D eigenvalue weighted by Gasteiger charge is -2.23. The number of nitrogens with two attached hydrogens (primary N) is 1. The van der Waals surface area contributed by atoms with E-state index in [2.05, 4.69) is 5.32 Å². The predicted molar refractivity (Wildman–Crippen MR) is 74.2 cm³/mol. The van der Waals surface area contributed by atoms with Crippen molar-refractivity contribution >= 4 is 21.7 Å². The molecule has 1 rings (SSSR count). The minimum Gasteiger partial charge on any atom is -0.478 e. The molecule has 0 spiro atoms. The highest BCUT2D eigenvalue weighted by molar-refractivity contribution is 7.89. The van der Waals surface area contributed by atoms with Crippen molar-refractivity contribution in [3.05, 3.63) is 23.8 Å². The Kier molecular flexibility index (Phi) is 4.74. The number of nitrogens with one attached hydrogen (secondary N) is 1. The number of aromatic carboxylic acids is 1. The molecule has 1 atom stereocenters. The molecule has 0 aromatic heterocycles. The molecule has 8 heteroatoms. The number of hydrogen-bond acceptors (Lipinski definition) is 5. The Balaban J connectivity index is 3.12. The molecular formula is C12H18N2O5S. The normalized spacial score (nSPS) is 14.6. The zero-order chi connectivity index (χ0) is 15.6. The van der Waals surface area contributed by atoms with Crippen molar-refractivity contribution in [2.75, 3.05) is 11.9 Å². The van der Waals surface area contributed by atoms with Gasteiger partial charge in [0.15, 0.2) is 0 Å². The third kappa shape index (κ3) is 4.19. The predicted octanol–water partition coefficient (Wildman–Crippen LogP) is 0.605. The molecular weight excluding hydrogens is 284 g/mol. The molecule has 112 valence electrons. The summed E-state index contributed by atoms with van der Waals surface area (Å²) in [6.07, 6.45) is 0.484. The molecule has 0 aliphatic carbocycles. The van der Waals surface area contributed by atoms with Crippen LogP contribution in [0.3, 0.4) is 0 Å². The quantitative estimate of drug-likeness (QED) is 0.609. The fourth-order valence-corrected chi connectivity index (χ4v) is 1.98. The lowest BCUT2D eigenvalue weighted by molar-refractivity contribution is 0.0677. The molecule has 0 heterocycles. The summed E-state index contributed by atoms with van der Waals surface area (Å²) in [6, 6.07) is 3.51. The smallest absolute Gasteiger partial charge is 0.337 e. The van der Waals surface area contributed by atoms with Gasteiger partial charge in [0.2, 0.25) is 10.0 Å². The second-order valence-corrected chi connectivity index (χ2v) is 6.32. The molecule has 0 saturated carbocycles. The van der Waals surface area contributed by atoms with E-state index in [1.165, 1.54) is 12.1 Å². The van der Waals surface area contributed by atoms with Crippen molar-refractivity contribution in [3.63, 3.8) is 0 Å². The molecule has 0 radical (unpaired) electrons. The van der Waals surface area contributed by atoms with E-state index in [0.29, 0.717) is 6.42 Å². The van der Waals surface area contributed by atoms with Crippen LogP contribution in [0.1, 0.15) is 30.6 Å². The molecule has 0 aliphatic heterocycles. The van der Waals surface area contributed by atoms with Crippen LogP contribution in [0.15, 0.2) is 23.1 Å². The first-order chi connectivity index (χ1) is 9.07. The molecule has 0 saturated heterocycles. The van der Waals surface area contributed by atoms with Crippen molar-refractivity contribution in [1.82, 2.24) is 0 Å². The number of carboxylic acid groups (broad SMARTS) is 1. The topological polar surface area (TPSA) is 130 Å². The first kappa shape index (κ1) is 16.4. The second kappa shape index (κ2) is 5.78. The Morgan fingerprint density at radius 2 is 2.05 bits per heavy atom. The van der Waals surface area contributed by atoms with Crippen LogP contribution >= 0.6 is 0 Å². The average Bonchev–Trinajstić information content (AvgIpc) is 2.35. The van der Waals surface area contributed by atoms with Gasteiger partial charge in [-0.2, -0.15) is 0 Å². The van der Waals surface area contributed by atoms with E-state index < -0.39 is 21.6 Å². The average molecular weight is 302 g/mol. The number of sulfonamides is 1. The van der Waals surface area contributed by atoms with Gasteiger partial charge in [0.05, 0.1) is 16.1 Å². The van der Waals surface area contributed by atoms with Crippen LogP contribution in [0.25, 0.3) is 0 Å². The highest BCUT2D eigenvalue weighted by Gasteiger charge is 2.20. The van der Waals surface area contributed by atoms with Gasteiger partial charge in [0.1, 0.15) is 0 Å². The maximum absolute atomic E-state index is 11.2. The van der Waals surface area contributed by atoms with Gasteiger partial charge in [-0.3, -0.25) is 0 Å². The number of aliphatic hydroxyl groups is 1. The van der Waals surface area contributed by atoms with Crippen LogP contribution in [0.2, 0.25) is 0 Å². The Morgan fingerprint density at radius 1 is 1.45 bits per heavy atom. The van der Waals surface area contributed by atoms with Crippen LogP contribution in [0.5, 0.6) is 0 Å². The fraction of sp³-hybridized carbons (Fsp3) is 0.417. The largest absolute Gasteiger partial charge is 0.478 e. The Morgan fingerprint density at radius 3 is 2.50 bits per heavy atom. The van der Waals surface area contributed by atoms with E-state index in [0.717, 1.165) is 6.07 Å². The van der Waals surface area contributed by atoms with Crippen molar-refractivity contribution in [1.29, 1.82) is 0 Å². The van der Waals surface area contributed by atoms with Gasteiger partial charge in [0, 0.05) is 12.2 Å². The summed E-state index contributed by atoms with van der Waals surface area (Å²) in [6.45, 7) is 3.54. The molecule has 0 bridgehead atoms. The number of rotatable bonds is 6. The number of carboxylic acids is 1. The molecule has 1 aromatic carbocycles. The van der Waals surface area contributed by atoms with Crippen LogP contribution in [-0.2, 0) is 10.0 Å². The lowest BCUT2D eigenvalue weighted by atomic mass is 10.0. The maximum atomic E-state index is 11.2. The zero-order valence-corrected chi connectivity index (χ0v) is 12.1. The Bertz CT molecular complexity index is 610. The summed E-state index contributed by atoms with van der Waals surface area (Å²) in [5, 5.41) is 26.7. The van der Waals surface area contributed by atoms with Crippen LogP contribution < -0.4 is 10.5 Å². The van der Waals surface area contributed by atoms with E-state index >= 15 is 0 Å². The summed E-state index contributed by atoms with van der Waals surface area (Å²) < 4.78 is 22.4. The van der Waals surface area contributed by atoms with Gasteiger partial charge in [-0.05, 0) is 31.5 Å². The molecule has 0 fully saturated rings. The van der Waals surface area contributed by atoms with Gasteiger partial charge >= 0.3 is 5.97 Å². The molecule has 0 amide bonds. The number of anilines is 1. The molecule has 5 N–H and O–H groups in total. The summed E-state index contributed by atoms with van der Waals surface area (Å²) in [5.74, 6) is -1.28. The highest BCUT2D eigenvalue weighted by Crippen LogP contribution is 2.21. The minimum atomic E-state index is -3.96. The second-order valence-electron chi connectivity index (χ2n) is 4.76. The summed E-state index contributed by atoms with van der Waals surface area (Å²) in [7, 11) is -3.96. The molecule has 7 nitrogen and oxygen atoms in total. The van der Waals surface area contributed by atoms with Gasteiger partial charge in [0.25, 0.3) is 0 Å². The third-order valence-corrected chi connectivity index (χ3v) is 3.88. The first-order valence-corrected chi connectivity index (χ1v) is 7.48. The van der Waals surface area contributed by atoms with Crippen LogP contribution in [0, 0.1) is 0 Å². The third-order valence-electron chi connectivity index (χ3n) is 2.97. The van der Waals surface area contributed by atoms with Gasteiger partial charge in [-0.1, -0.05) is 6.92 Å². The van der Waals surface area contributed by atoms with E-state index in [-0.39, 0.29) is 22.7 Å². The first-order valence-electron chi connectivity index (χ1n) is 5.93. The number of hydrogen-bond donors (Lipinski definition) is 4. The van der Waals surface area contributed by atoms with Gasteiger partial charge in [-0.25, -0.2) is 18.4 Å². The SMILES string of the molecule is CCC(C)(O)CNc1ccc(S(N)(=O)=O)cc1C(=O)O. The lowest BCUT2D eigenvalue weighted by Crippen LogP contribution is -2.32. The van der Waals surface area contributed by atoms with Gasteiger partial charge in [-0.15, -0.1) is 0 Å². The number of benzene rings is 1. The molecule has 0 aliphatic rings. The van der Waals surface area contributed by atoms with E-state index in [4.69, 9.17) is 10.2 Å². The monoisotopic (exact) mass is 302 g/mol. The van der Waals surface area contributed by atoms with Crippen molar-refractivity contribution < 1.29 is 23.4 Å².